The van der Waals surface area contributed by atoms with Gasteiger partial charge in [-0.3, -0.25) is 9.36 Å². The lowest BCUT2D eigenvalue weighted by Crippen LogP contribution is -2.23. The van der Waals surface area contributed by atoms with Gasteiger partial charge < -0.3 is 4.74 Å². The minimum atomic E-state index is -0.301. The van der Waals surface area contributed by atoms with Crippen LogP contribution in [0.25, 0.3) is 21.3 Å². The molecule has 0 spiro atoms. The van der Waals surface area contributed by atoms with Crippen LogP contribution in [-0.2, 0) is 6.54 Å². The van der Waals surface area contributed by atoms with Crippen LogP contribution in [-0.4, -0.2) is 16.2 Å². The molecule has 0 N–H and O–H groups in total. The van der Waals surface area contributed by atoms with Crippen molar-refractivity contribution >= 4 is 21.6 Å². The first kappa shape index (κ1) is 19.3. The first-order valence-corrected chi connectivity index (χ1v) is 10.2. The van der Waals surface area contributed by atoms with Crippen LogP contribution in [0, 0.1) is 26.6 Å². The number of fused-ring (bicyclic) bond motifs is 1. The third-order valence-electron chi connectivity index (χ3n) is 4.78. The minimum Gasteiger partial charge on any atom is -0.492 e. The Morgan fingerprint density at radius 2 is 1.76 bits per heavy atom. The summed E-state index contributed by atoms with van der Waals surface area (Å²) in [4.78, 5) is 19.3. The van der Waals surface area contributed by atoms with Crippen molar-refractivity contribution in [2.75, 3.05) is 6.61 Å². The Labute approximate surface area is 172 Å². The molecule has 4 rings (SSSR count). The molecule has 0 amide bonds. The van der Waals surface area contributed by atoms with Crippen molar-refractivity contribution in [2.24, 2.45) is 0 Å². The van der Waals surface area contributed by atoms with Crippen LogP contribution >= 0.6 is 11.3 Å². The summed E-state index contributed by atoms with van der Waals surface area (Å²) >= 11 is 1.48. The van der Waals surface area contributed by atoms with Gasteiger partial charge in [0.05, 0.1) is 18.3 Å². The molecule has 148 valence electrons. The van der Waals surface area contributed by atoms with E-state index in [4.69, 9.17) is 4.74 Å². The van der Waals surface area contributed by atoms with Crippen LogP contribution in [0.3, 0.4) is 0 Å². The fourth-order valence-corrected chi connectivity index (χ4v) is 4.54. The highest BCUT2D eigenvalue weighted by molar-refractivity contribution is 7.19. The SMILES string of the molecule is Cc1cc(C)cc(OCCn2cnc3sc(C)c(-c4ccc(F)cc4)c3c2=O)c1. The van der Waals surface area contributed by atoms with Gasteiger partial charge in [0.1, 0.15) is 23.0 Å². The second kappa shape index (κ2) is 7.79. The fraction of sp³-hybridized carbons (Fsp3) is 0.217. The molecule has 0 atom stereocenters. The van der Waals surface area contributed by atoms with E-state index in [-0.39, 0.29) is 11.4 Å². The van der Waals surface area contributed by atoms with Crippen molar-refractivity contribution in [3.05, 3.63) is 81.0 Å². The van der Waals surface area contributed by atoms with Gasteiger partial charge in [0.25, 0.3) is 5.56 Å². The molecule has 0 saturated heterocycles. The highest BCUT2D eigenvalue weighted by Crippen LogP contribution is 2.35. The molecule has 0 aliphatic carbocycles. The Morgan fingerprint density at radius 1 is 1.07 bits per heavy atom. The van der Waals surface area contributed by atoms with E-state index in [9.17, 15) is 9.18 Å². The maximum atomic E-state index is 13.3. The largest absolute Gasteiger partial charge is 0.492 e. The standard InChI is InChI=1S/C23H21FN2O2S/c1-14-10-15(2)12-19(11-14)28-9-8-26-13-25-22-21(23(26)27)20(16(3)29-22)17-4-6-18(24)7-5-17/h4-7,10-13H,8-9H2,1-3H3. The number of thiophene rings is 1. The summed E-state index contributed by atoms with van der Waals surface area (Å²) in [6.07, 6.45) is 1.57. The third-order valence-corrected chi connectivity index (χ3v) is 5.80. The monoisotopic (exact) mass is 408 g/mol. The average molecular weight is 408 g/mol. The first-order chi connectivity index (χ1) is 13.9. The molecule has 6 heteroatoms. The number of rotatable bonds is 5. The van der Waals surface area contributed by atoms with E-state index in [0.717, 1.165) is 32.9 Å². The smallest absolute Gasteiger partial charge is 0.262 e. The fourth-order valence-electron chi connectivity index (χ4n) is 3.54. The lowest BCUT2D eigenvalue weighted by molar-refractivity contribution is 0.295. The second-order valence-electron chi connectivity index (χ2n) is 7.14. The number of hydrogen-bond acceptors (Lipinski definition) is 4. The molecule has 4 nitrogen and oxygen atoms in total. The Morgan fingerprint density at radius 3 is 2.45 bits per heavy atom. The summed E-state index contributed by atoms with van der Waals surface area (Å²) in [7, 11) is 0. The number of aryl methyl sites for hydroxylation is 3. The van der Waals surface area contributed by atoms with Crippen molar-refractivity contribution in [1.29, 1.82) is 0 Å². The van der Waals surface area contributed by atoms with Crippen LogP contribution in [0.2, 0.25) is 0 Å². The summed E-state index contributed by atoms with van der Waals surface area (Å²) in [6.45, 7) is 6.77. The lowest BCUT2D eigenvalue weighted by atomic mass is 10.0. The molecular weight excluding hydrogens is 387 g/mol. The summed E-state index contributed by atoms with van der Waals surface area (Å²) < 4.78 is 20.7. The van der Waals surface area contributed by atoms with Crippen LogP contribution < -0.4 is 10.3 Å². The average Bonchev–Trinajstić information content (AvgIpc) is 3.00. The molecule has 29 heavy (non-hydrogen) atoms. The zero-order chi connectivity index (χ0) is 20.5. The summed E-state index contributed by atoms with van der Waals surface area (Å²) in [6, 6.07) is 12.3. The Kier molecular flexibility index (Phi) is 5.20. The van der Waals surface area contributed by atoms with Gasteiger partial charge in [0.2, 0.25) is 0 Å². The van der Waals surface area contributed by atoms with Crippen molar-refractivity contribution in [3.8, 4) is 16.9 Å². The van der Waals surface area contributed by atoms with Crippen molar-refractivity contribution in [2.45, 2.75) is 27.3 Å². The van der Waals surface area contributed by atoms with E-state index in [1.807, 2.05) is 32.9 Å². The molecule has 0 bridgehead atoms. The van der Waals surface area contributed by atoms with Gasteiger partial charge in [-0.15, -0.1) is 11.3 Å². The van der Waals surface area contributed by atoms with E-state index in [1.165, 1.54) is 23.5 Å². The predicted octanol–water partition coefficient (Wildman–Crippen LogP) is 5.27. The molecule has 0 saturated carbocycles. The van der Waals surface area contributed by atoms with E-state index in [2.05, 4.69) is 11.1 Å². The van der Waals surface area contributed by atoms with Crippen LogP contribution in [0.5, 0.6) is 5.75 Å². The van der Waals surface area contributed by atoms with Crippen LogP contribution in [0.4, 0.5) is 4.39 Å². The lowest BCUT2D eigenvalue weighted by Gasteiger charge is -2.10. The minimum absolute atomic E-state index is 0.109. The van der Waals surface area contributed by atoms with Gasteiger partial charge in [-0.25, -0.2) is 9.37 Å². The number of aromatic nitrogens is 2. The molecular formula is C23H21FN2O2S. The van der Waals surface area contributed by atoms with E-state index >= 15 is 0 Å². The molecule has 0 radical (unpaired) electrons. The number of ether oxygens (including phenoxy) is 1. The van der Waals surface area contributed by atoms with Crippen molar-refractivity contribution in [3.63, 3.8) is 0 Å². The number of nitrogens with zero attached hydrogens (tertiary/aromatic N) is 2. The maximum Gasteiger partial charge on any atom is 0.262 e. The molecule has 2 aromatic carbocycles. The molecule has 0 aliphatic heterocycles. The number of hydrogen-bond donors (Lipinski definition) is 0. The van der Waals surface area contributed by atoms with Gasteiger partial charge in [0, 0.05) is 10.4 Å². The predicted molar refractivity (Wildman–Crippen MR) is 115 cm³/mol. The normalized spacial score (nSPS) is 11.2. The van der Waals surface area contributed by atoms with E-state index in [1.54, 1.807) is 23.0 Å². The Bertz CT molecular complexity index is 1220. The molecule has 0 fully saturated rings. The summed E-state index contributed by atoms with van der Waals surface area (Å²) in [5.41, 5.74) is 3.81. The van der Waals surface area contributed by atoms with E-state index in [0.29, 0.717) is 23.4 Å². The first-order valence-electron chi connectivity index (χ1n) is 9.38. The zero-order valence-corrected chi connectivity index (χ0v) is 17.3. The van der Waals surface area contributed by atoms with E-state index < -0.39 is 0 Å². The van der Waals surface area contributed by atoms with Crippen molar-refractivity contribution < 1.29 is 9.13 Å². The molecule has 2 heterocycles. The Hall–Kier alpha value is -2.99. The molecule has 0 aliphatic rings. The van der Waals surface area contributed by atoms with Crippen LogP contribution in [0.1, 0.15) is 16.0 Å². The maximum absolute atomic E-state index is 13.3. The summed E-state index contributed by atoms with van der Waals surface area (Å²) in [5.74, 6) is 0.493. The molecule has 0 unspecified atom stereocenters. The topological polar surface area (TPSA) is 44.1 Å². The van der Waals surface area contributed by atoms with Gasteiger partial charge >= 0.3 is 0 Å². The second-order valence-corrected chi connectivity index (χ2v) is 8.34. The Balaban J connectivity index is 1.64. The van der Waals surface area contributed by atoms with Crippen molar-refractivity contribution in [1.82, 2.24) is 9.55 Å². The molecule has 2 aromatic heterocycles. The highest BCUT2D eigenvalue weighted by atomic mass is 32.1. The van der Waals surface area contributed by atoms with Gasteiger partial charge in [-0.2, -0.15) is 0 Å². The third kappa shape index (κ3) is 3.93. The van der Waals surface area contributed by atoms with Gasteiger partial charge in [-0.05, 0) is 61.7 Å². The number of halogens is 1. The van der Waals surface area contributed by atoms with Gasteiger partial charge in [-0.1, -0.05) is 18.2 Å². The highest BCUT2D eigenvalue weighted by Gasteiger charge is 2.17. The quantitative estimate of drug-likeness (QED) is 0.452. The number of benzene rings is 2. The van der Waals surface area contributed by atoms with Gasteiger partial charge in [0.15, 0.2) is 0 Å². The van der Waals surface area contributed by atoms with Crippen LogP contribution in [0.15, 0.2) is 53.6 Å². The zero-order valence-electron chi connectivity index (χ0n) is 16.5. The molecule has 4 aromatic rings. The summed E-state index contributed by atoms with van der Waals surface area (Å²) in [5, 5.41) is 0.577.